The van der Waals surface area contributed by atoms with Crippen LogP contribution in [-0.4, -0.2) is 5.11 Å². The molecule has 0 spiro atoms. The number of halogens is 1. The summed E-state index contributed by atoms with van der Waals surface area (Å²) in [6.45, 7) is 6.42. The van der Waals surface area contributed by atoms with Crippen LogP contribution in [0.2, 0.25) is 0 Å². The predicted octanol–water partition coefficient (Wildman–Crippen LogP) is 4.38. The second-order valence-electron chi connectivity index (χ2n) is 6.51. The van der Waals surface area contributed by atoms with E-state index in [1.807, 2.05) is 13.0 Å². The molecule has 0 saturated heterocycles. The van der Waals surface area contributed by atoms with Crippen molar-refractivity contribution < 1.29 is 9.50 Å². The lowest BCUT2D eigenvalue weighted by Gasteiger charge is -2.36. The number of aliphatic hydroxyl groups is 1. The first-order valence-corrected chi connectivity index (χ1v) is 6.82. The maximum atomic E-state index is 13.4. The van der Waals surface area contributed by atoms with E-state index in [-0.39, 0.29) is 11.7 Å². The van der Waals surface area contributed by atoms with Gasteiger partial charge in [0.05, 0.1) is 6.10 Å². The van der Waals surface area contributed by atoms with Crippen LogP contribution in [0.4, 0.5) is 4.39 Å². The van der Waals surface area contributed by atoms with E-state index in [9.17, 15) is 9.50 Å². The van der Waals surface area contributed by atoms with E-state index in [1.54, 1.807) is 0 Å². The molecule has 1 atom stereocenters. The van der Waals surface area contributed by atoms with Gasteiger partial charge >= 0.3 is 0 Å². The van der Waals surface area contributed by atoms with Crippen molar-refractivity contribution in [3.8, 4) is 0 Å². The van der Waals surface area contributed by atoms with Crippen LogP contribution < -0.4 is 0 Å². The number of hydrogen-bond donors (Lipinski definition) is 1. The zero-order valence-electron chi connectivity index (χ0n) is 11.5. The normalized spacial score (nSPS) is 21.8. The van der Waals surface area contributed by atoms with Crippen LogP contribution in [0.25, 0.3) is 0 Å². The Balaban J connectivity index is 2.09. The van der Waals surface area contributed by atoms with E-state index in [0.29, 0.717) is 5.41 Å². The van der Waals surface area contributed by atoms with Gasteiger partial charge in [-0.1, -0.05) is 19.9 Å². The summed E-state index contributed by atoms with van der Waals surface area (Å²) in [6.07, 6.45) is 3.83. The topological polar surface area (TPSA) is 20.2 Å². The lowest BCUT2D eigenvalue weighted by molar-refractivity contribution is 0.0565. The van der Waals surface area contributed by atoms with Crippen molar-refractivity contribution in [2.75, 3.05) is 0 Å². The number of hydrogen-bond acceptors (Lipinski definition) is 1. The van der Waals surface area contributed by atoms with Crippen LogP contribution in [0, 0.1) is 24.1 Å². The Kier molecular flexibility index (Phi) is 3.76. The third-order valence-corrected chi connectivity index (χ3v) is 4.24. The summed E-state index contributed by atoms with van der Waals surface area (Å²) in [4.78, 5) is 0. The summed E-state index contributed by atoms with van der Waals surface area (Å²) in [5.74, 6) is 0.0272. The molecule has 1 saturated carbocycles. The molecule has 18 heavy (non-hydrogen) atoms. The maximum Gasteiger partial charge on any atom is 0.123 e. The lowest BCUT2D eigenvalue weighted by atomic mass is 9.71. The molecule has 100 valence electrons. The van der Waals surface area contributed by atoms with E-state index < -0.39 is 6.10 Å². The number of aryl methyl sites for hydroxylation is 1. The highest BCUT2D eigenvalue weighted by Crippen LogP contribution is 2.42. The number of rotatable bonds is 2. The van der Waals surface area contributed by atoms with Crippen LogP contribution in [0.3, 0.4) is 0 Å². The first-order chi connectivity index (χ1) is 8.37. The molecule has 0 heterocycles. The molecule has 0 amide bonds. The Morgan fingerprint density at radius 2 is 1.83 bits per heavy atom. The quantitative estimate of drug-likeness (QED) is 0.825. The predicted molar refractivity (Wildman–Crippen MR) is 71.8 cm³/mol. The van der Waals surface area contributed by atoms with Gasteiger partial charge in [-0.05, 0) is 67.2 Å². The van der Waals surface area contributed by atoms with Crippen molar-refractivity contribution in [2.24, 2.45) is 11.3 Å². The fraction of sp³-hybridized carbons (Fsp3) is 0.625. The van der Waals surface area contributed by atoms with Gasteiger partial charge < -0.3 is 5.11 Å². The highest BCUT2D eigenvalue weighted by atomic mass is 19.1. The molecular formula is C16H23FO. The fourth-order valence-corrected chi connectivity index (χ4v) is 2.94. The average Bonchev–Trinajstić information content (AvgIpc) is 2.27. The van der Waals surface area contributed by atoms with Crippen molar-refractivity contribution in [2.45, 2.75) is 52.6 Å². The summed E-state index contributed by atoms with van der Waals surface area (Å²) < 4.78 is 13.4. The van der Waals surface area contributed by atoms with Gasteiger partial charge in [-0.25, -0.2) is 4.39 Å². The van der Waals surface area contributed by atoms with Crippen LogP contribution in [0.15, 0.2) is 18.2 Å². The highest BCUT2D eigenvalue weighted by molar-refractivity contribution is 5.25. The Morgan fingerprint density at radius 3 is 2.39 bits per heavy atom. The molecule has 1 aliphatic rings. The van der Waals surface area contributed by atoms with E-state index in [2.05, 4.69) is 13.8 Å². The van der Waals surface area contributed by atoms with E-state index in [1.165, 1.54) is 12.1 Å². The summed E-state index contributed by atoms with van der Waals surface area (Å²) in [5, 5.41) is 10.4. The third-order valence-electron chi connectivity index (χ3n) is 4.24. The molecular weight excluding hydrogens is 227 g/mol. The third kappa shape index (κ3) is 3.11. The van der Waals surface area contributed by atoms with Gasteiger partial charge in [0.15, 0.2) is 0 Å². The van der Waals surface area contributed by atoms with E-state index in [4.69, 9.17) is 0 Å². The summed E-state index contributed by atoms with van der Waals surface area (Å²) in [6, 6.07) is 4.87. The molecule has 0 aliphatic heterocycles. The Morgan fingerprint density at radius 1 is 1.22 bits per heavy atom. The average molecular weight is 250 g/mol. The number of benzene rings is 1. The molecule has 2 heteroatoms. The Labute approximate surface area is 109 Å². The molecule has 2 rings (SSSR count). The minimum atomic E-state index is -0.518. The van der Waals surface area contributed by atoms with Gasteiger partial charge in [-0.2, -0.15) is 0 Å². The van der Waals surface area contributed by atoms with Gasteiger partial charge in [0.1, 0.15) is 5.82 Å². The standard InChI is InChI=1S/C16H23FO/c1-11-8-13(10-14(17)9-11)15(18)12-4-6-16(2,3)7-5-12/h8-10,12,15,18H,4-7H2,1-3H3. The minimum absolute atomic E-state index is 0.250. The summed E-state index contributed by atoms with van der Waals surface area (Å²) >= 11 is 0. The Hall–Kier alpha value is -0.890. The SMILES string of the molecule is Cc1cc(F)cc(C(O)C2CCC(C)(C)CC2)c1. The van der Waals surface area contributed by atoms with Crippen LogP contribution in [0.5, 0.6) is 0 Å². The first-order valence-electron chi connectivity index (χ1n) is 6.82. The van der Waals surface area contributed by atoms with Gasteiger partial charge in [-0.3, -0.25) is 0 Å². The van der Waals surface area contributed by atoms with Crippen LogP contribution in [-0.2, 0) is 0 Å². The largest absolute Gasteiger partial charge is 0.388 e. The second kappa shape index (κ2) is 5.00. The van der Waals surface area contributed by atoms with Gasteiger partial charge in [-0.15, -0.1) is 0 Å². The molecule has 1 unspecified atom stereocenters. The molecule has 1 aromatic rings. The number of aliphatic hydroxyl groups excluding tert-OH is 1. The molecule has 0 aromatic heterocycles. The molecule has 0 bridgehead atoms. The first kappa shape index (κ1) is 13.5. The molecule has 1 aliphatic carbocycles. The van der Waals surface area contributed by atoms with Gasteiger partial charge in [0.25, 0.3) is 0 Å². The van der Waals surface area contributed by atoms with Crippen molar-refractivity contribution in [1.82, 2.24) is 0 Å². The highest BCUT2D eigenvalue weighted by Gasteiger charge is 2.31. The van der Waals surface area contributed by atoms with E-state index in [0.717, 1.165) is 36.8 Å². The molecule has 1 N–H and O–H groups in total. The van der Waals surface area contributed by atoms with Crippen LogP contribution in [0.1, 0.15) is 56.8 Å². The van der Waals surface area contributed by atoms with Gasteiger partial charge in [0.2, 0.25) is 0 Å². The van der Waals surface area contributed by atoms with Crippen LogP contribution >= 0.6 is 0 Å². The van der Waals surface area contributed by atoms with Crippen molar-refractivity contribution in [3.63, 3.8) is 0 Å². The zero-order valence-corrected chi connectivity index (χ0v) is 11.5. The second-order valence-corrected chi connectivity index (χ2v) is 6.51. The molecule has 1 nitrogen and oxygen atoms in total. The zero-order chi connectivity index (χ0) is 13.3. The Bertz CT molecular complexity index is 395. The maximum absolute atomic E-state index is 13.4. The monoisotopic (exact) mass is 250 g/mol. The smallest absolute Gasteiger partial charge is 0.123 e. The van der Waals surface area contributed by atoms with Crippen molar-refractivity contribution in [3.05, 3.63) is 35.1 Å². The minimum Gasteiger partial charge on any atom is -0.388 e. The van der Waals surface area contributed by atoms with Gasteiger partial charge in [0, 0.05) is 0 Å². The molecule has 0 radical (unpaired) electrons. The molecule has 1 fully saturated rings. The summed E-state index contributed by atoms with van der Waals surface area (Å²) in [7, 11) is 0. The van der Waals surface area contributed by atoms with Crippen molar-refractivity contribution in [1.29, 1.82) is 0 Å². The summed E-state index contributed by atoms with van der Waals surface area (Å²) in [5.41, 5.74) is 2.01. The fourth-order valence-electron chi connectivity index (χ4n) is 2.94. The lowest BCUT2D eigenvalue weighted by Crippen LogP contribution is -2.25. The van der Waals surface area contributed by atoms with Crippen molar-refractivity contribution >= 4 is 0 Å². The van der Waals surface area contributed by atoms with E-state index >= 15 is 0 Å². The molecule has 1 aromatic carbocycles.